The number of amides is 1. The van der Waals surface area contributed by atoms with Gasteiger partial charge in [-0.15, -0.1) is 21.5 Å². The summed E-state index contributed by atoms with van der Waals surface area (Å²) in [4.78, 5) is 13.4. The first-order valence-corrected chi connectivity index (χ1v) is 10.7. The van der Waals surface area contributed by atoms with E-state index >= 15 is 0 Å². The molecule has 0 saturated heterocycles. The van der Waals surface area contributed by atoms with E-state index < -0.39 is 17.6 Å². The molecular formula is C18H16ClF3N4OS2. The Morgan fingerprint density at radius 1 is 1.31 bits per heavy atom. The van der Waals surface area contributed by atoms with Gasteiger partial charge in [0, 0.05) is 22.9 Å². The molecule has 5 nitrogen and oxygen atoms in total. The second kappa shape index (κ2) is 8.76. The lowest BCUT2D eigenvalue weighted by molar-refractivity contribution is -0.137. The molecule has 0 unspecified atom stereocenters. The number of thioether (sulfide) groups is 1. The monoisotopic (exact) mass is 460 g/mol. The Hall–Kier alpha value is -2.04. The Morgan fingerprint density at radius 3 is 2.72 bits per heavy atom. The number of carbonyl (C=O) groups excluding carboxylic acids is 1. The number of halogens is 4. The van der Waals surface area contributed by atoms with E-state index in [-0.39, 0.29) is 16.5 Å². The number of aryl methyl sites for hydroxylation is 1. The third-order valence-corrected chi connectivity index (χ3v) is 6.43. The molecule has 1 N–H and O–H groups in total. The second-order valence-corrected chi connectivity index (χ2v) is 8.40. The first-order chi connectivity index (χ1) is 13.7. The third-order valence-electron chi connectivity index (χ3n) is 4.00. The number of benzene rings is 1. The fourth-order valence-electron chi connectivity index (χ4n) is 2.49. The van der Waals surface area contributed by atoms with E-state index in [1.165, 1.54) is 4.88 Å². The van der Waals surface area contributed by atoms with Crippen LogP contribution in [0.25, 0.3) is 11.4 Å². The number of nitrogens with one attached hydrogen (secondary N) is 1. The average molecular weight is 461 g/mol. The quantitative estimate of drug-likeness (QED) is 0.493. The van der Waals surface area contributed by atoms with Gasteiger partial charge in [-0.1, -0.05) is 30.3 Å². The number of alkyl halides is 3. The molecule has 11 heteroatoms. The van der Waals surface area contributed by atoms with Crippen LogP contribution in [0.5, 0.6) is 0 Å². The minimum Gasteiger partial charge on any atom is -0.324 e. The maximum absolute atomic E-state index is 12.8. The van der Waals surface area contributed by atoms with Gasteiger partial charge in [0.2, 0.25) is 5.91 Å². The van der Waals surface area contributed by atoms with E-state index in [2.05, 4.69) is 22.4 Å². The Bertz CT molecular complexity index is 1030. The summed E-state index contributed by atoms with van der Waals surface area (Å²) in [6.07, 6.45) is -3.59. The molecule has 0 aliphatic carbocycles. The summed E-state index contributed by atoms with van der Waals surface area (Å²) in [7, 11) is 1.79. The van der Waals surface area contributed by atoms with Gasteiger partial charge < -0.3 is 9.88 Å². The maximum Gasteiger partial charge on any atom is 0.416 e. The van der Waals surface area contributed by atoms with Crippen molar-refractivity contribution in [2.75, 3.05) is 11.1 Å². The molecule has 29 heavy (non-hydrogen) atoms. The van der Waals surface area contributed by atoms with Crippen molar-refractivity contribution in [2.45, 2.75) is 24.7 Å². The number of carbonyl (C=O) groups is 1. The Balaban J connectivity index is 1.66. The van der Waals surface area contributed by atoms with Gasteiger partial charge >= 0.3 is 6.18 Å². The lowest BCUT2D eigenvalue weighted by Crippen LogP contribution is -2.16. The first kappa shape index (κ1) is 21.7. The van der Waals surface area contributed by atoms with Crippen LogP contribution >= 0.6 is 34.7 Å². The standard InChI is InChI=1S/C18H16ClF3N4OS2/c1-3-12-6-10(8-28-12)16-24-25-17(26(16)2)29-9-15(27)23-14-7-11(18(20,21)22)4-5-13(14)19/h4-8H,3,9H2,1-2H3,(H,23,27). The predicted molar refractivity (Wildman–Crippen MR) is 110 cm³/mol. The fourth-order valence-corrected chi connectivity index (χ4v) is 4.18. The van der Waals surface area contributed by atoms with Crippen LogP contribution in [0.15, 0.2) is 34.8 Å². The van der Waals surface area contributed by atoms with Crippen LogP contribution in [0.4, 0.5) is 18.9 Å². The van der Waals surface area contributed by atoms with Crippen LogP contribution in [0.1, 0.15) is 17.4 Å². The molecule has 0 radical (unpaired) electrons. The van der Waals surface area contributed by atoms with Crippen molar-refractivity contribution in [3.8, 4) is 11.4 Å². The molecule has 154 valence electrons. The summed E-state index contributed by atoms with van der Waals surface area (Å²) in [5, 5.41) is 13.2. The first-order valence-electron chi connectivity index (χ1n) is 8.45. The molecule has 0 fully saturated rings. The van der Waals surface area contributed by atoms with Crippen molar-refractivity contribution in [1.29, 1.82) is 0 Å². The van der Waals surface area contributed by atoms with E-state index in [4.69, 9.17) is 11.6 Å². The van der Waals surface area contributed by atoms with Gasteiger partial charge in [-0.25, -0.2) is 0 Å². The van der Waals surface area contributed by atoms with Crippen LogP contribution in [0.2, 0.25) is 5.02 Å². The summed E-state index contributed by atoms with van der Waals surface area (Å²) in [6.45, 7) is 2.07. The van der Waals surface area contributed by atoms with Crippen LogP contribution in [-0.4, -0.2) is 26.4 Å². The predicted octanol–water partition coefficient (Wildman–Crippen LogP) is 5.51. The Morgan fingerprint density at radius 2 is 2.07 bits per heavy atom. The van der Waals surface area contributed by atoms with E-state index in [1.54, 1.807) is 23.0 Å². The van der Waals surface area contributed by atoms with Crippen molar-refractivity contribution in [1.82, 2.24) is 14.8 Å². The van der Waals surface area contributed by atoms with Crippen LogP contribution in [-0.2, 0) is 24.4 Å². The highest BCUT2D eigenvalue weighted by Crippen LogP contribution is 2.34. The van der Waals surface area contributed by atoms with Gasteiger partial charge in [-0.05, 0) is 30.7 Å². The van der Waals surface area contributed by atoms with Crippen LogP contribution < -0.4 is 5.32 Å². The molecule has 2 aromatic heterocycles. The molecule has 1 aromatic carbocycles. The summed E-state index contributed by atoms with van der Waals surface area (Å²) in [6, 6.07) is 4.83. The molecule has 3 rings (SSSR count). The lowest BCUT2D eigenvalue weighted by Gasteiger charge is -2.11. The molecule has 2 heterocycles. The van der Waals surface area contributed by atoms with E-state index in [0.29, 0.717) is 11.0 Å². The smallest absolute Gasteiger partial charge is 0.324 e. The normalized spacial score (nSPS) is 11.7. The summed E-state index contributed by atoms with van der Waals surface area (Å²) < 4.78 is 40.3. The zero-order valence-corrected chi connectivity index (χ0v) is 17.8. The number of aromatic nitrogens is 3. The number of nitrogens with zero attached hydrogens (tertiary/aromatic N) is 3. The topological polar surface area (TPSA) is 59.8 Å². The van der Waals surface area contributed by atoms with Gasteiger partial charge in [-0.3, -0.25) is 4.79 Å². The molecular weight excluding hydrogens is 445 g/mol. The molecule has 0 spiro atoms. The largest absolute Gasteiger partial charge is 0.416 e. The number of rotatable bonds is 6. The summed E-state index contributed by atoms with van der Waals surface area (Å²) in [5.74, 6) is 0.136. The minimum atomic E-state index is -4.52. The molecule has 3 aromatic rings. The Kier molecular flexibility index (Phi) is 6.55. The van der Waals surface area contributed by atoms with E-state index in [9.17, 15) is 18.0 Å². The van der Waals surface area contributed by atoms with Crippen molar-refractivity contribution in [3.05, 3.63) is 45.1 Å². The molecule has 0 atom stereocenters. The average Bonchev–Trinajstić information content (AvgIpc) is 3.27. The third kappa shape index (κ3) is 5.12. The molecule has 0 aliphatic rings. The van der Waals surface area contributed by atoms with E-state index in [0.717, 1.165) is 41.9 Å². The highest BCUT2D eigenvalue weighted by atomic mass is 35.5. The summed E-state index contributed by atoms with van der Waals surface area (Å²) in [5.41, 5.74) is -0.0185. The van der Waals surface area contributed by atoms with Crippen LogP contribution in [0, 0.1) is 0 Å². The van der Waals surface area contributed by atoms with Crippen molar-refractivity contribution in [3.63, 3.8) is 0 Å². The van der Waals surface area contributed by atoms with Crippen molar-refractivity contribution in [2.24, 2.45) is 7.05 Å². The van der Waals surface area contributed by atoms with Crippen molar-refractivity contribution >= 4 is 46.3 Å². The zero-order valence-electron chi connectivity index (χ0n) is 15.4. The minimum absolute atomic E-state index is 0.0291. The van der Waals surface area contributed by atoms with Gasteiger partial charge in [0.1, 0.15) is 0 Å². The van der Waals surface area contributed by atoms with E-state index in [1.807, 2.05) is 11.4 Å². The lowest BCUT2D eigenvalue weighted by atomic mass is 10.2. The number of hydrogen-bond donors (Lipinski definition) is 1. The van der Waals surface area contributed by atoms with Crippen LogP contribution in [0.3, 0.4) is 0 Å². The van der Waals surface area contributed by atoms with Gasteiger partial charge in [0.25, 0.3) is 0 Å². The SMILES string of the molecule is CCc1cc(-c2nnc(SCC(=O)Nc3cc(C(F)(F)F)ccc3Cl)n2C)cs1. The highest BCUT2D eigenvalue weighted by Gasteiger charge is 2.31. The summed E-state index contributed by atoms with van der Waals surface area (Å²) >= 11 is 8.68. The van der Waals surface area contributed by atoms with Crippen molar-refractivity contribution < 1.29 is 18.0 Å². The number of thiophene rings is 1. The number of anilines is 1. The van der Waals surface area contributed by atoms with Gasteiger partial charge in [0.15, 0.2) is 11.0 Å². The molecule has 0 aliphatic heterocycles. The second-order valence-electron chi connectivity index (χ2n) is 6.05. The fraction of sp³-hybridized carbons (Fsp3) is 0.278. The van der Waals surface area contributed by atoms with Gasteiger partial charge in [-0.2, -0.15) is 13.2 Å². The molecule has 0 bridgehead atoms. The molecule has 0 saturated carbocycles. The highest BCUT2D eigenvalue weighted by molar-refractivity contribution is 7.99. The molecule has 1 amide bonds. The maximum atomic E-state index is 12.8. The Labute approximate surface area is 178 Å². The zero-order chi connectivity index (χ0) is 21.2. The van der Waals surface area contributed by atoms with Gasteiger partial charge in [0.05, 0.1) is 22.0 Å². The number of hydrogen-bond acceptors (Lipinski definition) is 5.